The van der Waals surface area contributed by atoms with Gasteiger partial charge in [-0.3, -0.25) is 4.79 Å². The molecule has 1 unspecified atom stereocenters. The zero-order valence-electron chi connectivity index (χ0n) is 11.5. The zero-order valence-corrected chi connectivity index (χ0v) is 12.3. The van der Waals surface area contributed by atoms with Gasteiger partial charge in [0.1, 0.15) is 5.54 Å². The highest BCUT2D eigenvalue weighted by atomic mass is 32.2. The highest BCUT2D eigenvalue weighted by molar-refractivity contribution is 8.00. The largest absolute Gasteiger partial charge is 0.480 e. The topological polar surface area (TPSA) is 66.4 Å². The average molecular weight is 293 g/mol. The standard InChI is InChI=1S/C15H19NO3S/c1-2-12(20-11-7-4-3-5-8-11)13(17)16-15(14(18)19)9-6-10-15/h3-5,7-8,12H,2,6,9-10H2,1H3,(H,16,17)(H,18,19). The molecule has 1 saturated carbocycles. The number of nitrogens with one attached hydrogen (secondary N) is 1. The van der Waals surface area contributed by atoms with E-state index in [1.165, 1.54) is 11.8 Å². The summed E-state index contributed by atoms with van der Waals surface area (Å²) >= 11 is 1.48. The molecule has 0 bridgehead atoms. The Hall–Kier alpha value is -1.49. The molecule has 1 aliphatic carbocycles. The van der Waals surface area contributed by atoms with E-state index in [0.717, 1.165) is 11.3 Å². The molecule has 0 saturated heterocycles. The molecule has 0 heterocycles. The van der Waals surface area contributed by atoms with Gasteiger partial charge in [-0.25, -0.2) is 4.79 Å². The third-order valence-electron chi connectivity index (χ3n) is 3.66. The van der Waals surface area contributed by atoms with Gasteiger partial charge in [0.2, 0.25) is 5.91 Å². The lowest BCUT2D eigenvalue weighted by atomic mass is 9.76. The number of hydrogen-bond acceptors (Lipinski definition) is 3. The molecule has 1 aromatic carbocycles. The lowest BCUT2D eigenvalue weighted by molar-refractivity contribution is -0.151. The summed E-state index contributed by atoms with van der Waals surface area (Å²) in [4.78, 5) is 24.6. The Bertz CT molecular complexity index is 485. The summed E-state index contributed by atoms with van der Waals surface area (Å²) in [6.45, 7) is 1.94. The molecule has 5 heteroatoms. The SMILES string of the molecule is CCC(Sc1ccccc1)C(=O)NC1(C(=O)O)CCC1. The van der Waals surface area contributed by atoms with Crippen LogP contribution < -0.4 is 5.32 Å². The number of benzene rings is 1. The molecule has 108 valence electrons. The fourth-order valence-electron chi connectivity index (χ4n) is 2.22. The van der Waals surface area contributed by atoms with Crippen LogP contribution in [0.25, 0.3) is 0 Å². The van der Waals surface area contributed by atoms with Gasteiger partial charge < -0.3 is 10.4 Å². The van der Waals surface area contributed by atoms with Crippen LogP contribution >= 0.6 is 11.8 Å². The minimum absolute atomic E-state index is 0.177. The second-order valence-electron chi connectivity index (χ2n) is 5.06. The van der Waals surface area contributed by atoms with Gasteiger partial charge in [0.15, 0.2) is 0 Å². The first-order valence-electron chi connectivity index (χ1n) is 6.84. The maximum absolute atomic E-state index is 12.3. The molecule has 1 aromatic rings. The van der Waals surface area contributed by atoms with Gasteiger partial charge in [0.05, 0.1) is 5.25 Å². The van der Waals surface area contributed by atoms with Crippen molar-refractivity contribution in [1.82, 2.24) is 5.32 Å². The number of carbonyl (C=O) groups excluding carboxylic acids is 1. The van der Waals surface area contributed by atoms with Gasteiger partial charge in [-0.2, -0.15) is 0 Å². The molecule has 1 fully saturated rings. The molecule has 2 N–H and O–H groups in total. The van der Waals surface area contributed by atoms with Gasteiger partial charge in [-0.15, -0.1) is 11.8 Å². The number of hydrogen-bond donors (Lipinski definition) is 2. The molecule has 0 spiro atoms. The van der Waals surface area contributed by atoms with Crippen molar-refractivity contribution in [1.29, 1.82) is 0 Å². The monoisotopic (exact) mass is 293 g/mol. The van der Waals surface area contributed by atoms with E-state index in [9.17, 15) is 14.7 Å². The van der Waals surface area contributed by atoms with Crippen molar-refractivity contribution in [3.8, 4) is 0 Å². The molecule has 0 aliphatic heterocycles. The van der Waals surface area contributed by atoms with Crippen molar-refractivity contribution >= 4 is 23.6 Å². The number of amides is 1. The second-order valence-corrected chi connectivity index (χ2v) is 6.33. The predicted molar refractivity (Wildman–Crippen MR) is 78.7 cm³/mol. The number of rotatable bonds is 6. The molecule has 20 heavy (non-hydrogen) atoms. The van der Waals surface area contributed by atoms with Crippen LogP contribution in [-0.4, -0.2) is 27.8 Å². The molecular weight excluding hydrogens is 274 g/mol. The van der Waals surface area contributed by atoms with Crippen molar-refractivity contribution < 1.29 is 14.7 Å². The zero-order chi connectivity index (χ0) is 14.6. The fraction of sp³-hybridized carbons (Fsp3) is 0.467. The Labute approximate surface area is 123 Å². The van der Waals surface area contributed by atoms with Crippen molar-refractivity contribution in [2.75, 3.05) is 0 Å². The highest BCUT2D eigenvalue weighted by Gasteiger charge is 2.46. The number of carboxylic acid groups (broad SMARTS) is 1. The van der Waals surface area contributed by atoms with E-state index in [2.05, 4.69) is 5.32 Å². The van der Waals surface area contributed by atoms with Gasteiger partial charge in [-0.1, -0.05) is 25.1 Å². The first-order chi connectivity index (χ1) is 9.57. The van der Waals surface area contributed by atoms with E-state index in [-0.39, 0.29) is 11.2 Å². The maximum atomic E-state index is 12.3. The van der Waals surface area contributed by atoms with E-state index >= 15 is 0 Å². The van der Waals surface area contributed by atoms with Crippen LogP contribution in [-0.2, 0) is 9.59 Å². The van der Waals surface area contributed by atoms with E-state index in [0.29, 0.717) is 19.3 Å². The lowest BCUT2D eigenvalue weighted by Gasteiger charge is -2.39. The summed E-state index contributed by atoms with van der Waals surface area (Å²) < 4.78 is 0. The molecule has 4 nitrogen and oxygen atoms in total. The number of carbonyl (C=O) groups is 2. The molecule has 1 atom stereocenters. The number of aliphatic carboxylic acids is 1. The second kappa shape index (κ2) is 6.31. The Morgan fingerprint density at radius 1 is 1.35 bits per heavy atom. The van der Waals surface area contributed by atoms with Crippen LogP contribution in [0.3, 0.4) is 0 Å². The fourth-order valence-corrected chi connectivity index (χ4v) is 3.20. The Morgan fingerprint density at radius 2 is 2.00 bits per heavy atom. The molecule has 0 aromatic heterocycles. The molecule has 2 rings (SSSR count). The molecule has 1 amide bonds. The third kappa shape index (κ3) is 3.15. The van der Waals surface area contributed by atoms with E-state index in [1.807, 2.05) is 37.3 Å². The van der Waals surface area contributed by atoms with Gasteiger partial charge in [0, 0.05) is 4.90 Å². The number of thioether (sulfide) groups is 1. The van der Waals surface area contributed by atoms with Crippen LogP contribution in [0.5, 0.6) is 0 Å². The summed E-state index contributed by atoms with van der Waals surface area (Å²) in [5, 5.41) is 11.7. The van der Waals surface area contributed by atoms with Crippen molar-refractivity contribution in [2.24, 2.45) is 0 Å². The van der Waals surface area contributed by atoms with Crippen LogP contribution in [0, 0.1) is 0 Å². The van der Waals surface area contributed by atoms with E-state index in [1.54, 1.807) is 0 Å². The quantitative estimate of drug-likeness (QED) is 0.791. The summed E-state index contributed by atoms with van der Waals surface area (Å²) in [5.41, 5.74) is -1.03. The molecular formula is C15H19NO3S. The summed E-state index contributed by atoms with van der Waals surface area (Å²) in [5.74, 6) is -1.10. The average Bonchev–Trinajstić information content (AvgIpc) is 2.40. The van der Waals surface area contributed by atoms with Crippen molar-refractivity contribution in [3.63, 3.8) is 0 Å². The highest BCUT2D eigenvalue weighted by Crippen LogP contribution is 2.33. The first kappa shape index (κ1) is 14.9. The van der Waals surface area contributed by atoms with Crippen LogP contribution in [0.15, 0.2) is 35.2 Å². The van der Waals surface area contributed by atoms with Gasteiger partial charge >= 0.3 is 5.97 Å². The first-order valence-corrected chi connectivity index (χ1v) is 7.72. The Morgan fingerprint density at radius 3 is 2.45 bits per heavy atom. The van der Waals surface area contributed by atoms with E-state index in [4.69, 9.17) is 0 Å². The Kier molecular flexibility index (Phi) is 4.70. The summed E-state index contributed by atoms with van der Waals surface area (Å²) in [6.07, 6.45) is 2.58. The summed E-state index contributed by atoms with van der Waals surface area (Å²) in [7, 11) is 0. The molecule has 1 aliphatic rings. The van der Waals surface area contributed by atoms with Crippen LogP contribution in [0.4, 0.5) is 0 Å². The van der Waals surface area contributed by atoms with Crippen molar-refractivity contribution in [3.05, 3.63) is 30.3 Å². The normalized spacial score (nSPS) is 17.9. The lowest BCUT2D eigenvalue weighted by Crippen LogP contribution is -2.60. The third-order valence-corrected chi connectivity index (χ3v) is 5.04. The predicted octanol–water partition coefficient (Wildman–Crippen LogP) is 2.68. The Balaban J connectivity index is 2.01. The molecule has 0 radical (unpaired) electrons. The minimum Gasteiger partial charge on any atom is -0.480 e. The van der Waals surface area contributed by atoms with Crippen molar-refractivity contribution in [2.45, 2.75) is 48.3 Å². The van der Waals surface area contributed by atoms with Gasteiger partial charge in [0.25, 0.3) is 0 Å². The number of carboxylic acids is 1. The minimum atomic E-state index is -1.03. The van der Waals surface area contributed by atoms with Gasteiger partial charge in [-0.05, 0) is 37.8 Å². The van der Waals surface area contributed by atoms with E-state index < -0.39 is 11.5 Å². The van der Waals surface area contributed by atoms with Crippen LogP contribution in [0.2, 0.25) is 0 Å². The smallest absolute Gasteiger partial charge is 0.329 e. The van der Waals surface area contributed by atoms with Crippen LogP contribution in [0.1, 0.15) is 32.6 Å². The summed E-state index contributed by atoms with van der Waals surface area (Å²) in [6, 6.07) is 9.70. The maximum Gasteiger partial charge on any atom is 0.329 e.